The first-order valence-corrected chi connectivity index (χ1v) is 11.8. The topological polar surface area (TPSA) is 79.7 Å². The summed E-state index contributed by atoms with van der Waals surface area (Å²) in [7, 11) is 0. The molecule has 0 saturated carbocycles. The second-order valence-electron chi connectivity index (χ2n) is 7.97. The summed E-state index contributed by atoms with van der Waals surface area (Å²) in [6.45, 7) is 1.71. The Kier molecular flexibility index (Phi) is 7.05. The Morgan fingerprint density at radius 1 is 1.26 bits per heavy atom. The van der Waals surface area contributed by atoms with Gasteiger partial charge in [0.2, 0.25) is 5.91 Å². The van der Waals surface area contributed by atoms with E-state index in [4.69, 9.17) is 16.3 Å². The summed E-state index contributed by atoms with van der Waals surface area (Å²) >= 11 is 7.68. The molecule has 2 aliphatic rings. The Bertz CT molecular complexity index is 970. The molecule has 0 unspecified atom stereocenters. The summed E-state index contributed by atoms with van der Waals surface area (Å²) in [6, 6.07) is 7.45. The van der Waals surface area contributed by atoms with Crippen LogP contribution in [0.25, 0.3) is 11.3 Å². The van der Waals surface area contributed by atoms with E-state index in [1.165, 1.54) is 11.3 Å². The number of anilines is 1. The van der Waals surface area contributed by atoms with E-state index in [0.29, 0.717) is 42.0 Å². The standard InChI is InChI=1S/C23H25ClN2O4S/c24-19-7-2-1-6-17(19)20-14-31-23(25-20)26-10-4-3-5-16(15-8-11-30-12-9-15)18(22(26)29)13-21(27)28/h1-4,6-7,14-16,18H,5,8-13H2,(H,27,28)/t16-,18+/m1/s1. The summed E-state index contributed by atoms with van der Waals surface area (Å²) in [5.41, 5.74) is 1.52. The number of ether oxygens (including phenoxy) is 1. The van der Waals surface area contributed by atoms with Crippen molar-refractivity contribution in [3.8, 4) is 11.3 Å². The molecule has 164 valence electrons. The van der Waals surface area contributed by atoms with Crippen LogP contribution in [0.1, 0.15) is 25.7 Å². The largest absolute Gasteiger partial charge is 0.481 e. The van der Waals surface area contributed by atoms with E-state index in [-0.39, 0.29) is 24.2 Å². The number of halogens is 1. The van der Waals surface area contributed by atoms with Crippen molar-refractivity contribution in [1.82, 2.24) is 4.98 Å². The van der Waals surface area contributed by atoms with Crippen LogP contribution in [-0.4, -0.2) is 41.7 Å². The third kappa shape index (κ3) is 5.00. The molecular formula is C23H25ClN2O4S. The van der Waals surface area contributed by atoms with E-state index in [0.717, 1.165) is 18.4 Å². The molecular weight excluding hydrogens is 436 g/mol. The van der Waals surface area contributed by atoms with Crippen molar-refractivity contribution in [1.29, 1.82) is 0 Å². The van der Waals surface area contributed by atoms with E-state index in [1.807, 2.05) is 29.7 Å². The van der Waals surface area contributed by atoms with Gasteiger partial charge in [-0.2, -0.15) is 0 Å². The number of thiazole rings is 1. The number of carboxylic acid groups (broad SMARTS) is 1. The van der Waals surface area contributed by atoms with Crippen molar-refractivity contribution in [2.75, 3.05) is 24.7 Å². The van der Waals surface area contributed by atoms with Crippen LogP contribution in [-0.2, 0) is 14.3 Å². The minimum Gasteiger partial charge on any atom is -0.481 e. The fourth-order valence-corrected chi connectivity index (χ4v) is 5.59. The minimum absolute atomic E-state index is 0.0189. The molecule has 1 aromatic heterocycles. The van der Waals surface area contributed by atoms with Crippen LogP contribution >= 0.6 is 22.9 Å². The Labute approximate surface area is 190 Å². The number of carboxylic acids is 1. The SMILES string of the molecule is O=C(O)C[C@@H]1C(=O)N(c2nc(-c3ccccc3Cl)cs2)CC=CC[C@@H]1C1CCOCC1. The highest BCUT2D eigenvalue weighted by Crippen LogP contribution is 2.38. The summed E-state index contributed by atoms with van der Waals surface area (Å²) in [5, 5.41) is 12.6. The maximum atomic E-state index is 13.6. The first kappa shape index (κ1) is 22.0. The van der Waals surface area contributed by atoms with Gasteiger partial charge in [-0.3, -0.25) is 14.5 Å². The van der Waals surface area contributed by atoms with Gasteiger partial charge in [-0.25, -0.2) is 4.98 Å². The van der Waals surface area contributed by atoms with Crippen molar-refractivity contribution in [3.05, 3.63) is 46.8 Å². The molecule has 2 aromatic rings. The number of hydrogen-bond donors (Lipinski definition) is 1. The smallest absolute Gasteiger partial charge is 0.304 e. The lowest BCUT2D eigenvalue weighted by Crippen LogP contribution is -2.44. The molecule has 31 heavy (non-hydrogen) atoms. The van der Waals surface area contributed by atoms with Crippen molar-refractivity contribution < 1.29 is 19.4 Å². The predicted octanol–water partition coefficient (Wildman–Crippen LogP) is 4.89. The van der Waals surface area contributed by atoms with Gasteiger partial charge in [-0.15, -0.1) is 11.3 Å². The highest BCUT2D eigenvalue weighted by molar-refractivity contribution is 7.14. The van der Waals surface area contributed by atoms with E-state index < -0.39 is 11.9 Å². The third-order valence-corrected chi connectivity index (χ3v) is 7.29. The molecule has 6 nitrogen and oxygen atoms in total. The first-order chi connectivity index (χ1) is 15.0. The van der Waals surface area contributed by atoms with Gasteiger partial charge < -0.3 is 9.84 Å². The second kappa shape index (κ2) is 9.94. The average molecular weight is 461 g/mol. The predicted molar refractivity (Wildman–Crippen MR) is 121 cm³/mol. The van der Waals surface area contributed by atoms with E-state index >= 15 is 0 Å². The summed E-state index contributed by atoms with van der Waals surface area (Å²) in [5.74, 6) is -1.44. The highest BCUT2D eigenvalue weighted by atomic mass is 35.5. The normalized spacial score (nSPS) is 22.9. The zero-order chi connectivity index (χ0) is 21.8. The van der Waals surface area contributed by atoms with Crippen molar-refractivity contribution in [3.63, 3.8) is 0 Å². The fraction of sp³-hybridized carbons (Fsp3) is 0.435. The zero-order valence-electron chi connectivity index (χ0n) is 17.1. The van der Waals surface area contributed by atoms with Crippen LogP contribution in [0.15, 0.2) is 41.8 Å². The Morgan fingerprint density at radius 2 is 2.03 bits per heavy atom. The lowest BCUT2D eigenvalue weighted by molar-refractivity contribution is -0.142. The molecule has 0 radical (unpaired) electrons. The number of rotatable bonds is 5. The lowest BCUT2D eigenvalue weighted by atomic mass is 9.73. The van der Waals surface area contributed by atoms with Crippen LogP contribution in [0, 0.1) is 17.8 Å². The molecule has 1 fully saturated rings. The van der Waals surface area contributed by atoms with Gasteiger partial charge in [0.1, 0.15) is 0 Å². The maximum Gasteiger partial charge on any atom is 0.304 e. The molecule has 0 aliphatic carbocycles. The van der Waals surface area contributed by atoms with Crippen LogP contribution in [0.5, 0.6) is 0 Å². The summed E-state index contributed by atoms with van der Waals surface area (Å²) in [4.78, 5) is 31.6. The van der Waals surface area contributed by atoms with Gasteiger partial charge in [-0.05, 0) is 37.2 Å². The molecule has 8 heteroatoms. The van der Waals surface area contributed by atoms with Crippen LogP contribution in [0.2, 0.25) is 5.02 Å². The number of aliphatic carboxylic acids is 1. The highest BCUT2D eigenvalue weighted by Gasteiger charge is 2.39. The third-order valence-electron chi connectivity index (χ3n) is 6.10. The second-order valence-corrected chi connectivity index (χ2v) is 9.21. The van der Waals surface area contributed by atoms with E-state index in [9.17, 15) is 14.7 Å². The monoisotopic (exact) mass is 460 g/mol. The van der Waals surface area contributed by atoms with E-state index in [1.54, 1.807) is 11.0 Å². The number of hydrogen-bond acceptors (Lipinski definition) is 5. The van der Waals surface area contributed by atoms with E-state index in [2.05, 4.69) is 11.1 Å². The van der Waals surface area contributed by atoms with Crippen molar-refractivity contribution in [2.45, 2.75) is 25.7 Å². The summed E-state index contributed by atoms with van der Waals surface area (Å²) in [6.07, 6.45) is 6.32. The quantitative estimate of drug-likeness (QED) is 0.642. The van der Waals surface area contributed by atoms with Gasteiger partial charge >= 0.3 is 5.97 Å². The molecule has 3 heterocycles. The van der Waals surface area contributed by atoms with Gasteiger partial charge in [-0.1, -0.05) is 42.0 Å². The molecule has 4 rings (SSSR count). The number of carbonyl (C=O) groups excluding carboxylic acids is 1. The minimum atomic E-state index is -0.948. The molecule has 2 aliphatic heterocycles. The van der Waals surface area contributed by atoms with Gasteiger partial charge in [0.15, 0.2) is 5.13 Å². The van der Waals surface area contributed by atoms with Gasteiger partial charge in [0.25, 0.3) is 0 Å². The molecule has 1 aromatic carbocycles. The lowest BCUT2D eigenvalue weighted by Gasteiger charge is -2.37. The maximum absolute atomic E-state index is 13.6. The number of allylic oxidation sites excluding steroid dienone is 1. The molecule has 2 atom stereocenters. The Balaban J connectivity index is 1.64. The molecule has 1 saturated heterocycles. The Hall–Kier alpha value is -2.22. The first-order valence-electron chi connectivity index (χ1n) is 10.5. The molecule has 0 bridgehead atoms. The van der Waals surface area contributed by atoms with Gasteiger partial charge in [0.05, 0.1) is 18.0 Å². The van der Waals surface area contributed by atoms with Crippen LogP contribution in [0.4, 0.5) is 5.13 Å². The average Bonchev–Trinajstić information content (AvgIpc) is 3.24. The number of aromatic nitrogens is 1. The number of carbonyl (C=O) groups is 2. The van der Waals surface area contributed by atoms with Gasteiger partial charge in [0, 0.05) is 35.7 Å². The van der Waals surface area contributed by atoms with Crippen LogP contribution in [0.3, 0.4) is 0 Å². The molecule has 1 N–H and O–H groups in total. The molecule has 0 spiro atoms. The number of nitrogens with zero attached hydrogens (tertiary/aromatic N) is 2. The fourth-order valence-electron chi connectivity index (χ4n) is 4.52. The van der Waals surface area contributed by atoms with Crippen molar-refractivity contribution >= 4 is 39.9 Å². The number of amides is 1. The van der Waals surface area contributed by atoms with Crippen LogP contribution < -0.4 is 4.90 Å². The zero-order valence-corrected chi connectivity index (χ0v) is 18.6. The van der Waals surface area contributed by atoms with Crippen molar-refractivity contribution in [2.24, 2.45) is 17.8 Å². The Morgan fingerprint density at radius 3 is 2.77 bits per heavy atom. The summed E-state index contributed by atoms with van der Waals surface area (Å²) < 4.78 is 5.49. The number of benzene rings is 1. The molecule has 1 amide bonds.